The Balaban J connectivity index is 1.46. The van der Waals surface area contributed by atoms with Crippen LogP contribution in [0.5, 0.6) is 0 Å². The molecule has 1 saturated carbocycles. The SMILES string of the molecule is C[C@@H]1CCCC[C@@H]1NC(=O)CSc1nnc2c3ccccc3n(C)c2n1. The summed E-state index contributed by atoms with van der Waals surface area (Å²) in [6.45, 7) is 2.22. The van der Waals surface area contributed by atoms with Crippen LogP contribution in [0.1, 0.15) is 32.6 Å². The third-order valence-corrected chi connectivity index (χ3v) is 6.12. The van der Waals surface area contributed by atoms with Gasteiger partial charge in [0.1, 0.15) is 5.52 Å². The standard InChI is InChI=1S/C19H23N5OS/c1-12-7-3-5-9-14(12)20-16(25)11-26-19-21-18-17(22-23-19)13-8-4-6-10-15(13)24(18)2/h4,6,8,10,12,14H,3,5,7,9,11H2,1-2H3,(H,20,25)/t12-,14+/m1/s1. The van der Waals surface area contributed by atoms with Gasteiger partial charge in [-0.15, -0.1) is 10.2 Å². The van der Waals surface area contributed by atoms with E-state index < -0.39 is 0 Å². The van der Waals surface area contributed by atoms with Crippen LogP contribution in [0.15, 0.2) is 29.4 Å². The summed E-state index contributed by atoms with van der Waals surface area (Å²) in [5.74, 6) is 0.928. The molecule has 2 atom stereocenters. The molecular weight excluding hydrogens is 346 g/mol. The molecule has 0 aliphatic heterocycles. The van der Waals surface area contributed by atoms with Crippen molar-refractivity contribution in [2.45, 2.75) is 43.8 Å². The van der Waals surface area contributed by atoms with Gasteiger partial charge in [0.2, 0.25) is 11.1 Å². The predicted octanol–water partition coefficient (Wildman–Crippen LogP) is 3.30. The Morgan fingerprint density at radius 3 is 2.92 bits per heavy atom. The zero-order valence-electron chi connectivity index (χ0n) is 15.1. The van der Waals surface area contributed by atoms with Gasteiger partial charge < -0.3 is 9.88 Å². The first-order valence-corrected chi connectivity index (χ1v) is 10.1. The number of hydrogen-bond donors (Lipinski definition) is 1. The van der Waals surface area contributed by atoms with Gasteiger partial charge in [-0.25, -0.2) is 4.98 Å². The van der Waals surface area contributed by atoms with Gasteiger partial charge in [-0.1, -0.05) is 49.7 Å². The minimum absolute atomic E-state index is 0.0505. The van der Waals surface area contributed by atoms with E-state index in [1.165, 1.54) is 31.0 Å². The van der Waals surface area contributed by atoms with Gasteiger partial charge in [-0.2, -0.15) is 0 Å². The number of nitrogens with one attached hydrogen (secondary N) is 1. The molecule has 0 spiro atoms. The van der Waals surface area contributed by atoms with Crippen LogP contribution in [0.2, 0.25) is 0 Å². The average Bonchev–Trinajstić information content (AvgIpc) is 2.94. The van der Waals surface area contributed by atoms with E-state index in [-0.39, 0.29) is 5.91 Å². The molecule has 1 amide bonds. The van der Waals surface area contributed by atoms with Crippen LogP contribution in [0, 0.1) is 5.92 Å². The fourth-order valence-corrected chi connectivity index (χ4v) is 4.36. The van der Waals surface area contributed by atoms with Crippen molar-refractivity contribution in [2.75, 3.05) is 5.75 Å². The lowest BCUT2D eigenvalue weighted by Crippen LogP contribution is -2.41. The number of thioether (sulfide) groups is 1. The summed E-state index contributed by atoms with van der Waals surface area (Å²) in [5.41, 5.74) is 2.67. The zero-order valence-corrected chi connectivity index (χ0v) is 15.9. The summed E-state index contributed by atoms with van der Waals surface area (Å²) < 4.78 is 2.02. The van der Waals surface area contributed by atoms with Gasteiger partial charge in [-0.3, -0.25) is 4.79 Å². The number of nitrogens with zero attached hydrogens (tertiary/aromatic N) is 4. The Kier molecular flexibility index (Phi) is 4.80. The van der Waals surface area contributed by atoms with Gasteiger partial charge in [0.05, 0.1) is 11.3 Å². The van der Waals surface area contributed by atoms with Crippen molar-refractivity contribution in [3.8, 4) is 0 Å². The Bertz CT molecular complexity index is 954. The molecule has 1 fully saturated rings. The summed E-state index contributed by atoms with van der Waals surface area (Å²) in [6.07, 6.45) is 4.75. The molecule has 6 nitrogen and oxygen atoms in total. The number of aryl methyl sites for hydroxylation is 1. The molecule has 0 radical (unpaired) electrons. The van der Waals surface area contributed by atoms with Crippen LogP contribution in [-0.2, 0) is 11.8 Å². The zero-order chi connectivity index (χ0) is 18.1. The number of benzene rings is 1. The number of carbonyl (C=O) groups is 1. The van der Waals surface area contributed by atoms with Crippen LogP contribution < -0.4 is 5.32 Å². The molecule has 4 rings (SSSR count). The molecule has 2 heterocycles. The largest absolute Gasteiger partial charge is 0.352 e. The molecular formula is C19H23N5OS. The first-order chi connectivity index (χ1) is 12.6. The Hall–Kier alpha value is -2.15. The van der Waals surface area contributed by atoms with Crippen molar-refractivity contribution < 1.29 is 4.79 Å². The van der Waals surface area contributed by atoms with E-state index in [1.807, 2.05) is 35.9 Å². The third kappa shape index (κ3) is 3.28. The van der Waals surface area contributed by atoms with Crippen LogP contribution in [0.3, 0.4) is 0 Å². The molecule has 0 saturated heterocycles. The lowest BCUT2D eigenvalue weighted by atomic mass is 9.86. The van der Waals surface area contributed by atoms with Crippen molar-refractivity contribution >= 4 is 39.7 Å². The van der Waals surface area contributed by atoms with E-state index in [2.05, 4.69) is 27.4 Å². The van der Waals surface area contributed by atoms with E-state index in [1.54, 1.807) is 0 Å². The van der Waals surface area contributed by atoms with E-state index in [4.69, 9.17) is 0 Å². The molecule has 1 N–H and O–H groups in total. The number of fused-ring (bicyclic) bond motifs is 3. The average molecular weight is 369 g/mol. The molecule has 136 valence electrons. The van der Waals surface area contributed by atoms with Gasteiger partial charge in [0.15, 0.2) is 5.65 Å². The molecule has 0 bridgehead atoms. The molecule has 1 aliphatic carbocycles. The van der Waals surface area contributed by atoms with E-state index >= 15 is 0 Å². The summed E-state index contributed by atoms with van der Waals surface area (Å²) in [7, 11) is 1.98. The lowest BCUT2D eigenvalue weighted by Gasteiger charge is -2.29. The molecule has 0 unspecified atom stereocenters. The van der Waals surface area contributed by atoms with Crippen molar-refractivity contribution in [1.82, 2.24) is 25.1 Å². The highest BCUT2D eigenvalue weighted by Crippen LogP contribution is 2.26. The first-order valence-electron chi connectivity index (χ1n) is 9.13. The maximum Gasteiger partial charge on any atom is 0.230 e. The fraction of sp³-hybridized carbons (Fsp3) is 0.474. The maximum absolute atomic E-state index is 12.3. The Labute approximate surface area is 156 Å². The number of hydrogen-bond acceptors (Lipinski definition) is 5. The summed E-state index contributed by atoms with van der Waals surface area (Å²) in [4.78, 5) is 16.9. The van der Waals surface area contributed by atoms with Gasteiger partial charge in [0.25, 0.3) is 0 Å². The maximum atomic E-state index is 12.3. The summed E-state index contributed by atoms with van der Waals surface area (Å²) in [5, 5.41) is 13.3. The number of rotatable bonds is 4. The number of amides is 1. The second-order valence-electron chi connectivity index (χ2n) is 7.07. The van der Waals surface area contributed by atoms with Crippen molar-refractivity contribution in [1.29, 1.82) is 0 Å². The molecule has 1 aromatic carbocycles. The number of carbonyl (C=O) groups excluding carboxylic acids is 1. The molecule has 2 aromatic heterocycles. The summed E-state index contributed by atoms with van der Waals surface area (Å²) in [6, 6.07) is 8.37. The first kappa shape index (κ1) is 17.3. The van der Waals surface area contributed by atoms with Gasteiger partial charge >= 0.3 is 0 Å². The highest BCUT2D eigenvalue weighted by molar-refractivity contribution is 7.99. The monoisotopic (exact) mass is 369 g/mol. The third-order valence-electron chi connectivity index (χ3n) is 5.28. The van der Waals surface area contributed by atoms with E-state index in [0.29, 0.717) is 22.9 Å². The van der Waals surface area contributed by atoms with Crippen LogP contribution in [0.25, 0.3) is 22.1 Å². The minimum Gasteiger partial charge on any atom is -0.352 e. The molecule has 26 heavy (non-hydrogen) atoms. The van der Waals surface area contributed by atoms with Crippen LogP contribution in [-0.4, -0.2) is 37.5 Å². The lowest BCUT2D eigenvalue weighted by molar-refractivity contribution is -0.119. The molecule has 3 aromatic rings. The van der Waals surface area contributed by atoms with Crippen molar-refractivity contribution in [2.24, 2.45) is 13.0 Å². The fourth-order valence-electron chi connectivity index (χ4n) is 3.76. The van der Waals surface area contributed by atoms with E-state index in [0.717, 1.165) is 28.5 Å². The Morgan fingerprint density at radius 2 is 2.08 bits per heavy atom. The quantitative estimate of drug-likeness (QED) is 0.714. The minimum atomic E-state index is 0.0505. The summed E-state index contributed by atoms with van der Waals surface area (Å²) >= 11 is 1.34. The van der Waals surface area contributed by atoms with Gasteiger partial charge in [-0.05, 0) is 24.8 Å². The van der Waals surface area contributed by atoms with Crippen molar-refractivity contribution in [3.05, 3.63) is 24.3 Å². The van der Waals surface area contributed by atoms with Crippen LogP contribution >= 0.6 is 11.8 Å². The normalized spacial score (nSPS) is 20.5. The second kappa shape index (κ2) is 7.23. The smallest absolute Gasteiger partial charge is 0.230 e. The van der Waals surface area contributed by atoms with Gasteiger partial charge in [0, 0.05) is 18.5 Å². The second-order valence-corrected chi connectivity index (χ2v) is 8.01. The Morgan fingerprint density at radius 1 is 1.27 bits per heavy atom. The van der Waals surface area contributed by atoms with Crippen LogP contribution in [0.4, 0.5) is 0 Å². The highest BCUT2D eigenvalue weighted by Gasteiger charge is 2.23. The van der Waals surface area contributed by atoms with Crippen molar-refractivity contribution in [3.63, 3.8) is 0 Å². The highest BCUT2D eigenvalue weighted by atomic mass is 32.2. The topological polar surface area (TPSA) is 72.7 Å². The number of para-hydroxylation sites is 1. The number of aromatic nitrogens is 4. The molecule has 1 aliphatic rings. The predicted molar refractivity (Wildman–Crippen MR) is 104 cm³/mol. The van der Waals surface area contributed by atoms with E-state index in [9.17, 15) is 4.79 Å². The molecule has 7 heteroatoms.